The minimum absolute atomic E-state index is 0.114. The van der Waals surface area contributed by atoms with Gasteiger partial charge in [-0.15, -0.1) is 0 Å². The molecule has 0 N–H and O–H groups in total. The number of carbonyl (C=O) groups is 1. The molecule has 1 aliphatic rings. The van der Waals surface area contributed by atoms with Gasteiger partial charge in [0.1, 0.15) is 5.82 Å². The molecule has 0 fully saturated rings. The normalized spacial score (nSPS) is 14.0. The van der Waals surface area contributed by atoms with E-state index in [0.29, 0.717) is 12.1 Å². The summed E-state index contributed by atoms with van der Waals surface area (Å²) in [5.41, 5.74) is 4.61. The van der Waals surface area contributed by atoms with Crippen LogP contribution in [-0.2, 0) is 6.42 Å². The summed E-state index contributed by atoms with van der Waals surface area (Å²) in [5.74, 6) is -0.484. The lowest BCUT2D eigenvalue weighted by molar-refractivity contribution is 0.0984. The molecule has 1 amide bonds. The zero-order valence-corrected chi connectivity index (χ0v) is 12.3. The Balaban J connectivity index is 2.02. The van der Waals surface area contributed by atoms with Crippen LogP contribution in [0.1, 0.15) is 33.5 Å². The van der Waals surface area contributed by atoms with Gasteiger partial charge in [0.2, 0.25) is 0 Å². The predicted molar refractivity (Wildman–Crippen MR) is 82.3 cm³/mol. The Kier molecular flexibility index (Phi) is 3.50. The Labute approximate surface area is 124 Å². The number of rotatable bonds is 1. The molecule has 0 saturated carbocycles. The first kappa shape index (κ1) is 13.8. The third-order valence-electron chi connectivity index (χ3n) is 4.03. The molecule has 3 rings (SSSR count). The highest BCUT2D eigenvalue weighted by Crippen LogP contribution is 2.29. The van der Waals surface area contributed by atoms with Crippen molar-refractivity contribution in [1.82, 2.24) is 0 Å². The molecule has 2 nitrogen and oxygen atoms in total. The first-order chi connectivity index (χ1) is 10.1. The molecular weight excluding hydrogens is 265 g/mol. The Morgan fingerprint density at radius 2 is 1.95 bits per heavy atom. The third kappa shape index (κ3) is 2.56. The Morgan fingerprint density at radius 3 is 2.76 bits per heavy atom. The summed E-state index contributed by atoms with van der Waals surface area (Å²) in [6.07, 6.45) is 1.93. The van der Waals surface area contributed by atoms with Crippen molar-refractivity contribution in [2.45, 2.75) is 26.7 Å². The van der Waals surface area contributed by atoms with Crippen LogP contribution in [0.5, 0.6) is 0 Å². The summed E-state index contributed by atoms with van der Waals surface area (Å²) in [5, 5.41) is 0. The number of amides is 1. The molecule has 0 bridgehead atoms. The molecule has 0 aromatic heterocycles. The van der Waals surface area contributed by atoms with E-state index in [1.165, 1.54) is 23.3 Å². The highest BCUT2D eigenvalue weighted by Gasteiger charge is 2.24. The number of carbonyl (C=O) groups excluding carboxylic acids is 1. The van der Waals surface area contributed by atoms with Gasteiger partial charge >= 0.3 is 0 Å². The fourth-order valence-corrected chi connectivity index (χ4v) is 2.91. The second kappa shape index (κ2) is 5.32. The van der Waals surface area contributed by atoms with E-state index in [4.69, 9.17) is 0 Å². The molecule has 0 unspecified atom stereocenters. The van der Waals surface area contributed by atoms with Crippen molar-refractivity contribution in [1.29, 1.82) is 0 Å². The minimum atomic E-state index is -0.370. The highest BCUT2D eigenvalue weighted by atomic mass is 19.1. The number of hydrogen-bond acceptors (Lipinski definition) is 1. The van der Waals surface area contributed by atoms with Crippen LogP contribution in [-0.4, -0.2) is 12.5 Å². The molecule has 0 atom stereocenters. The lowest BCUT2D eigenvalue weighted by Gasteiger charge is -2.30. The zero-order chi connectivity index (χ0) is 15.0. The molecule has 1 aliphatic heterocycles. The van der Waals surface area contributed by atoms with Crippen molar-refractivity contribution >= 4 is 11.6 Å². The number of benzene rings is 2. The van der Waals surface area contributed by atoms with Crippen LogP contribution in [0.25, 0.3) is 0 Å². The van der Waals surface area contributed by atoms with Crippen LogP contribution < -0.4 is 4.90 Å². The number of halogens is 1. The fourth-order valence-electron chi connectivity index (χ4n) is 2.91. The average Bonchev–Trinajstić information content (AvgIpc) is 2.48. The van der Waals surface area contributed by atoms with Crippen molar-refractivity contribution < 1.29 is 9.18 Å². The van der Waals surface area contributed by atoms with Gasteiger partial charge in [0.25, 0.3) is 5.91 Å². The molecule has 108 valence electrons. The van der Waals surface area contributed by atoms with Crippen LogP contribution >= 0.6 is 0 Å². The average molecular weight is 283 g/mol. The van der Waals surface area contributed by atoms with E-state index in [-0.39, 0.29) is 11.7 Å². The summed E-state index contributed by atoms with van der Waals surface area (Å²) in [6.45, 7) is 4.58. The van der Waals surface area contributed by atoms with Crippen molar-refractivity contribution in [2.24, 2.45) is 0 Å². The van der Waals surface area contributed by atoms with Crippen LogP contribution in [0.2, 0.25) is 0 Å². The number of aryl methyl sites for hydroxylation is 3. The third-order valence-corrected chi connectivity index (χ3v) is 4.03. The van der Waals surface area contributed by atoms with Gasteiger partial charge < -0.3 is 4.90 Å². The SMILES string of the molecule is Cc1ccc2c(c1)CCCN2C(=O)c1cc(F)ccc1C. The van der Waals surface area contributed by atoms with Gasteiger partial charge in [-0.25, -0.2) is 4.39 Å². The minimum Gasteiger partial charge on any atom is -0.308 e. The quantitative estimate of drug-likeness (QED) is 0.773. The summed E-state index contributed by atoms with van der Waals surface area (Å²) in [7, 11) is 0. The molecule has 0 aliphatic carbocycles. The smallest absolute Gasteiger partial charge is 0.258 e. The van der Waals surface area contributed by atoms with Crippen molar-refractivity contribution in [3.8, 4) is 0 Å². The van der Waals surface area contributed by atoms with Crippen molar-refractivity contribution in [2.75, 3.05) is 11.4 Å². The second-order valence-corrected chi connectivity index (χ2v) is 5.65. The first-order valence-electron chi connectivity index (χ1n) is 7.24. The summed E-state index contributed by atoms with van der Waals surface area (Å²) in [6, 6.07) is 10.5. The number of nitrogens with zero attached hydrogens (tertiary/aromatic N) is 1. The van der Waals surface area contributed by atoms with E-state index in [1.807, 2.05) is 19.1 Å². The molecule has 0 spiro atoms. The van der Waals surface area contributed by atoms with Gasteiger partial charge in [-0.3, -0.25) is 4.79 Å². The van der Waals surface area contributed by atoms with E-state index in [0.717, 1.165) is 24.1 Å². The van der Waals surface area contributed by atoms with Crippen LogP contribution in [0.3, 0.4) is 0 Å². The maximum Gasteiger partial charge on any atom is 0.258 e. The van der Waals surface area contributed by atoms with Gasteiger partial charge in [-0.1, -0.05) is 23.8 Å². The molecule has 2 aromatic carbocycles. The topological polar surface area (TPSA) is 20.3 Å². The Hall–Kier alpha value is -2.16. The number of fused-ring (bicyclic) bond motifs is 1. The lowest BCUT2D eigenvalue weighted by Crippen LogP contribution is -2.36. The Morgan fingerprint density at radius 1 is 1.14 bits per heavy atom. The Bertz CT molecular complexity index is 708. The van der Waals surface area contributed by atoms with Crippen LogP contribution in [0.4, 0.5) is 10.1 Å². The molecule has 3 heteroatoms. The van der Waals surface area contributed by atoms with E-state index >= 15 is 0 Å². The van der Waals surface area contributed by atoms with Crippen LogP contribution in [0, 0.1) is 19.7 Å². The van der Waals surface area contributed by atoms with Gasteiger partial charge in [-0.2, -0.15) is 0 Å². The predicted octanol–water partition coefficient (Wildman–Crippen LogP) is 4.04. The molecular formula is C18H18FNO. The maximum atomic E-state index is 13.5. The van der Waals surface area contributed by atoms with E-state index in [2.05, 4.69) is 13.0 Å². The van der Waals surface area contributed by atoms with Gasteiger partial charge in [0.15, 0.2) is 0 Å². The summed E-state index contributed by atoms with van der Waals surface area (Å²) >= 11 is 0. The van der Waals surface area contributed by atoms with Gasteiger partial charge in [0, 0.05) is 17.8 Å². The van der Waals surface area contributed by atoms with Crippen molar-refractivity contribution in [3.05, 3.63) is 64.5 Å². The number of anilines is 1. The molecule has 1 heterocycles. The molecule has 0 radical (unpaired) electrons. The summed E-state index contributed by atoms with van der Waals surface area (Å²) < 4.78 is 13.5. The second-order valence-electron chi connectivity index (χ2n) is 5.65. The maximum absolute atomic E-state index is 13.5. The zero-order valence-electron chi connectivity index (χ0n) is 12.3. The largest absolute Gasteiger partial charge is 0.308 e. The fraction of sp³-hybridized carbons (Fsp3) is 0.278. The van der Waals surface area contributed by atoms with Gasteiger partial charge in [0.05, 0.1) is 0 Å². The van der Waals surface area contributed by atoms with E-state index in [1.54, 1.807) is 11.0 Å². The van der Waals surface area contributed by atoms with E-state index in [9.17, 15) is 9.18 Å². The highest BCUT2D eigenvalue weighted by molar-refractivity contribution is 6.07. The lowest BCUT2D eigenvalue weighted by atomic mass is 9.98. The summed E-state index contributed by atoms with van der Waals surface area (Å²) in [4.78, 5) is 14.6. The van der Waals surface area contributed by atoms with Crippen LogP contribution in [0.15, 0.2) is 36.4 Å². The molecule has 0 saturated heterocycles. The number of hydrogen-bond donors (Lipinski definition) is 0. The van der Waals surface area contributed by atoms with E-state index < -0.39 is 0 Å². The molecule has 21 heavy (non-hydrogen) atoms. The monoisotopic (exact) mass is 283 g/mol. The first-order valence-corrected chi connectivity index (χ1v) is 7.24. The standard InChI is InChI=1S/C18H18FNO/c1-12-5-8-17-14(10-12)4-3-9-20(17)18(21)16-11-15(19)7-6-13(16)2/h5-8,10-11H,3-4,9H2,1-2H3. The van der Waals surface area contributed by atoms with Gasteiger partial charge in [-0.05, 0) is 56.0 Å². The van der Waals surface area contributed by atoms with Crippen molar-refractivity contribution in [3.63, 3.8) is 0 Å². The molecule has 2 aromatic rings.